The molecule has 25 heavy (non-hydrogen) atoms. The van der Waals surface area contributed by atoms with E-state index in [1.54, 1.807) is 50.2 Å². The van der Waals surface area contributed by atoms with E-state index in [-0.39, 0.29) is 6.54 Å². The molecular weight excluding hydrogens is 383 g/mol. The van der Waals surface area contributed by atoms with Crippen LogP contribution in [0.3, 0.4) is 0 Å². The normalized spacial score (nSPS) is 11.2. The Balaban J connectivity index is 2.29. The van der Waals surface area contributed by atoms with Crippen LogP contribution in [0, 0.1) is 13.8 Å². The molecular formula is C17H18Cl2N2O3S. The minimum atomic E-state index is -3.66. The first-order valence-electron chi connectivity index (χ1n) is 7.38. The van der Waals surface area contributed by atoms with Crippen molar-refractivity contribution < 1.29 is 13.2 Å². The van der Waals surface area contributed by atoms with Gasteiger partial charge in [-0.05, 0) is 55.3 Å². The van der Waals surface area contributed by atoms with Gasteiger partial charge in [-0.3, -0.25) is 9.10 Å². The highest BCUT2D eigenvalue weighted by Gasteiger charge is 2.22. The van der Waals surface area contributed by atoms with Gasteiger partial charge in [-0.2, -0.15) is 0 Å². The van der Waals surface area contributed by atoms with E-state index in [1.165, 1.54) is 0 Å². The van der Waals surface area contributed by atoms with E-state index in [4.69, 9.17) is 23.2 Å². The topological polar surface area (TPSA) is 66.5 Å². The van der Waals surface area contributed by atoms with Gasteiger partial charge in [-0.15, -0.1) is 0 Å². The lowest BCUT2D eigenvalue weighted by molar-refractivity contribution is -0.114. The molecule has 0 heterocycles. The average molecular weight is 401 g/mol. The predicted octanol–water partition coefficient (Wildman–Crippen LogP) is 4.01. The van der Waals surface area contributed by atoms with E-state index < -0.39 is 15.9 Å². The Hall–Kier alpha value is -1.76. The van der Waals surface area contributed by atoms with Crippen LogP contribution in [0.5, 0.6) is 0 Å². The van der Waals surface area contributed by atoms with Crippen molar-refractivity contribution in [3.8, 4) is 0 Å². The summed E-state index contributed by atoms with van der Waals surface area (Å²) in [5, 5.41) is 3.71. The Kier molecular flexibility index (Phi) is 5.98. The number of halogens is 2. The Labute approximate surface area is 157 Å². The van der Waals surface area contributed by atoms with Crippen LogP contribution < -0.4 is 9.62 Å². The number of anilines is 2. The van der Waals surface area contributed by atoms with Crippen molar-refractivity contribution >= 4 is 50.5 Å². The number of nitrogens with zero attached hydrogens (tertiary/aromatic N) is 1. The quantitative estimate of drug-likeness (QED) is 0.823. The monoisotopic (exact) mass is 400 g/mol. The zero-order chi connectivity index (χ0) is 18.8. The SMILES string of the molecule is Cc1cc(Cl)ccc1N(CC(=O)Nc1cccc(Cl)c1C)S(C)(=O)=O. The van der Waals surface area contributed by atoms with Crippen LogP contribution in [-0.4, -0.2) is 27.1 Å². The van der Waals surface area contributed by atoms with Gasteiger partial charge in [0.15, 0.2) is 0 Å². The van der Waals surface area contributed by atoms with E-state index >= 15 is 0 Å². The molecule has 2 aromatic rings. The average Bonchev–Trinajstić information content (AvgIpc) is 2.49. The largest absolute Gasteiger partial charge is 0.324 e. The fraction of sp³-hybridized carbons (Fsp3) is 0.235. The third kappa shape index (κ3) is 4.87. The molecule has 0 aliphatic carbocycles. The molecule has 134 valence electrons. The van der Waals surface area contributed by atoms with Gasteiger partial charge in [0.2, 0.25) is 15.9 Å². The van der Waals surface area contributed by atoms with Gasteiger partial charge in [0.1, 0.15) is 6.54 Å². The number of amides is 1. The number of carbonyl (C=O) groups is 1. The van der Waals surface area contributed by atoms with Gasteiger partial charge in [0.25, 0.3) is 0 Å². The van der Waals surface area contributed by atoms with Crippen molar-refractivity contribution in [2.45, 2.75) is 13.8 Å². The zero-order valence-electron chi connectivity index (χ0n) is 14.0. The number of nitrogens with one attached hydrogen (secondary N) is 1. The molecule has 0 bridgehead atoms. The summed E-state index contributed by atoms with van der Waals surface area (Å²) in [7, 11) is -3.66. The van der Waals surface area contributed by atoms with Gasteiger partial charge in [-0.25, -0.2) is 8.42 Å². The fourth-order valence-electron chi connectivity index (χ4n) is 2.34. The standard InChI is InChI=1S/C17H18Cl2N2O3S/c1-11-9-13(18)7-8-16(11)21(25(3,23)24)10-17(22)20-15-6-4-5-14(19)12(15)2/h4-9H,10H2,1-3H3,(H,20,22). The molecule has 0 aliphatic rings. The number of hydrogen-bond donors (Lipinski definition) is 1. The number of benzene rings is 2. The first-order valence-corrected chi connectivity index (χ1v) is 9.99. The molecule has 0 saturated carbocycles. The van der Waals surface area contributed by atoms with Crippen molar-refractivity contribution in [3.63, 3.8) is 0 Å². The smallest absolute Gasteiger partial charge is 0.245 e. The maximum absolute atomic E-state index is 12.4. The number of rotatable bonds is 5. The molecule has 2 rings (SSSR count). The molecule has 0 spiro atoms. The number of aryl methyl sites for hydroxylation is 1. The summed E-state index contributed by atoms with van der Waals surface area (Å²) >= 11 is 12.0. The second-order valence-electron chi connectivity index (χ2n) is 5.66. The lowest BCUT2D eigenvalue weighted by Gasteiger charge is -2.24. The fourth-order valence-corrected chi connectivity index (χ4v) is 3.66. The molecule has 1 amide bonds. The number of hydrogen-bond acceptors (Lipinski definition) is 3. The molecule has 0 unspecified atom stereocenters. The van der Waals surface area contributed by atoms with E-state index in [1.807, 2.05) is 0 Å². The molecule has 1 N–H and O–H groups in total. The van der Waals surface area contributed by atoms with Crippen molar-refractivity contribution in [3.05, 3.63) is 57.6 Å². The Morgan fingerprint density at radius 1 is 1.16 bits per heavy atom. The molecule has 0 radical (unpaired) electrons. The van der Waals surface area contributed by atoms with Gasteiger partial charge in [0.05, 0.1) is 11.9 Å². The van der Waals surface area contributed by atoms with Crippen molar-refractivity contribution in [2.75, 3.05) is 22.4 Å². The van der Waals surface area contributed by atoms with Crippen molar-refractivity contribution in [1.29, 1.82) is 0 Å². The summed E-state index contributed by atoms with van der Waals surface area (Å²) in [5.74, 6) is -0.467. The third-order valence-electron chi connectivity index (χ3n) is 3.66. The summed E-state index contributed by atoms with van der Waals surface area (Å²) in [6.07, 6.45) is 1.05. The van der Waals surface area contributed by atoms with Gasteiger partial charge in [0, 0.05) is 15.7 Å². The highest BCUT2D eigenvalue weighted by Crippen LogP contribution is 2.26. The van der Waals surface area contributed by atoms with E-state index in [2.05, 4.69) is 5.32 Å². The molecule has 0 aromatic heterocycles. The zero-order valence-corrected chi connectivity index (χ0v) is 16.3. The molecule has 8 heteroatoms. The van der Waals surface area contributed by atoms with Crippen molar-refractivity contribution in [2.24, 2.45) is 0 Å². The number of sulfonamides is 1. The minimum absolute atomic E-state index is 0.354. The molecule has 2 aromatic carbocycles. The van der Waals surface area contributed by atoms with E-state index in [9.17, 15) is 13.2 Å². The first kappa shape index (κ1) is 19.6. The Morgan fingerprint density at radius 3 is 2.44 bits per heavy atom. The van der Waals surface area contributed by atoms with Crippen LogP contribution in [0.4, 0.5) is 11.4 Å². The molecule has 0 atom stereocenters. The Bertz CT molecular complexity index is 914. The lowest BCUT2D eigenvalue weighted by atomic mass is 10.2. The van der Waals surface area contributed by atoms with Crippen LogP contribution >= 0.6 is 23.2 Å². The van der Waals surface area contributed by atoms with Gasteiger partial charge < -0.3 is 5.32 Å². The summed E-state index contributed by atoms with van der Waals surface area (Å²) in [5.41, 5.74) is 2.32. The van der Waals surface area contributed by atoms with Crippen LogP contribution in [0.2, 0.25) is 10.0 Å². The highest BCUT2D eigenvalue weighted by atomic mass is 35.5. The summed E-state index contributed by atoms with van der Waals surface area (Å²) in [6, 6.07) is 9.94. The van der Waals surface area contributed by atoms with Gasteiger partial charge in [-0.1, -0.05) is 29.3 Å². The molecule has 0 saturated heterocycles. The van der Waals surface area contributed by atoms with Crippen LogP contribution in [0.1, 0.15) is 11.1 Å². The first-order chi connectivity index (χ1) is 11.6. The second kappa shape index (κ2) is 7.64. The molecule has 0 fully saturated rings. The third-order valence-corrected chi connectivity index (χ3v) is 5.43. The van der Waals surface area contributed by atoms with Gasteiger partial charge >= 0.3 is 0 Å². The summed E-state index contributed by atoms with van der Waals surface area (Å²) < 4.78 is 25.4. The van der Waals surface area contributed by atoms with Crippen LogP contribution in [0.25, 0.3) is 0 Å². The van der Waals surface area contributed by atoms with Crippen molar-refractivity contribution in [1.82, 2.24) is 0 Å². The van der Waals surface area contributed by atoms with E-state index in [0.29, 0.717) is 32.5 Å². The van der Waals surface area contributed by atoms with E-state index in [0.717, 1.165) is 10.6 Å². The summed E-state index contributed by atoms with van der Waals surface area (Å²) in [4.78, 5) is 12.4. The second-order valence-corrected chi connectivity index (χ2v) is 8.41. The molecule has 0 aliphatic heterocycles. The minimum Gasteiger partial charge on any atom is -0.324 e. The highest BCUT2D eigenvalue weighted by molar-refractivity contribution is 7.92. The molecule has 5 nitrogen and oxygen atoms in total. The predicted molar refractivity (Wildman–Crippen MR) is 103 cm³/mol. The summed E-state index contributed by atoms with van der Waals surface area (Å²) in [6.45, 7) is 3.15. The Morgan fingerprint density at radius 2 is 1.84 bits per heavy atom. The van der Waals surface area contributed by atoms with Crippen LogP contribution in [0.15, 0.2) is 36.4 Å². The lowest BCUT2D eigenvalue weighted by Crippen LogP contribution is -2.38. The maximum Gasteiger partial charge on any atom is 0.245 e. The maximum atomic E-state index is 12.4. The van der Waals surface area contributed by atoms with Crippen LogP contribution in [-0.2, 0) is 14.8 Å². The number of carbonyl (C=O) groups excluding carboxylic acids is 1.